The summed E-state index contributed by atoms with van der Waals surface area (Å²) in [4.78, 5) is 22.5. The monoisotopic (exact) mass is 281 g/mol. The number of carboxylic acid groups (broad SMARTS) is 1. The Morgan fingerprint density at radius 2 is 1.84 bits per heavy atom. The van der Waals surface area contributed by atoms with Crippen molar-refractivity contribution in [3.8, 4) is 0 Å². The van der Waals surface area contributed by atoms with Crippen molar-refractivity contribution < 1.29 is 14.7 Å². The number of carboxylic acids is 1. The van der Waals surface area contributed by atoms with Crippen molar-refractivity contribution in [1.82, 2.24) is 5.32 Å². The molecule has 0 aromatic heterocycles. The molecule has 0 fully saturated rings. The Kier molecular flexibility index (Phi) is 5.42. The van der Waals surface area contributed by atoms with Crippen molar-refractivity contribution >= 4 is 23.6 Å². The summed E-state index contributed by atoms with van der Waals surface area (Å²) in [6.07, 6.45) is 2.28. The molecule has 104 valence electrons. The molecular formula is C14H19NO3S. The Hall–Kier alpha value is -1.49. The number of carbonyl (C=O) groups excluding carboxylic acids is 1. The molecule has 4 nitrogen and oxygen atoms in total. The fourth-order valence-corrected chi connectivity index (χ4v) is 1.61. The molecule has 0 aliphatic carbocycles. The minimum absolute atomic E-state index is 0.0167. The van der Waals surface area contributed by atoms with E-state index < -0.39 is 5.97 Å². The molecule has 0 unspecified atom stereocenters. The van der Waals surface area contributed by atoms with Gasteiger partial charge in [-0.25, -0.2) is 4.79 Å². The fourth-order valence-electron chi connectivity index (χ4n) is 1.40. The molecule has 0 aliphatic rings. The molecule has 1 aromatic rings. The lowest BCUT2D eigenvalue weighted by Crippen LogP contribution is -2.36. The molecule has 0 bridgehead atoms. The zero-order valence-electron chi connectivity index (χ0n) is 11.4. The van der Waals surface area contributed by atoms with Crippen LogP contribution in [-0.2, 0) is 11.2 Å². The van der Waals surface area contributed by atoms with E-state index in [0.29, 0.717) is 6.54 Å². The molecule has 0 atom stereocenters. The summed E-state index contributed by atoms with van der Waals surface area (Å²) < 4.78 is 0.0167. The summed E-state index contributed by atoms with van der Waals surface area (Å²) in [7, 11) is 0. The Labute approximate surface area is 117 Å². The lowest BCUT2D eigenvalue weighted by atomic mass is 10.1. The van der Waals surface area contributed by atoms with Crippen LogP contribution in [0.2, 0.25) is 0 Å². The third kappa shape index (κ3) is 5.34. The van der Waals surface area contributed by atoms with E-state index in [2.05, 4.69) is 19.2 Å². The number of aromatic carboxylic acids is 1. The highest BCUT2D eigenvalue weighted by Gasteiger charge is 2.16. The van der Waals surface area contributed by atoms with Crippen molar-refractivity contribution in [2.45, 2.75) is 25.0 Å². The summed E-state index contributed by atoms with van der Waals surface area (Å²) in [6, 6.07) is 6.36. The number of hydrogen-bond acceptors (Lipinski definition) is 3. The SMILES string of the molecule is CSC(C)(C)CNC(=O)Cc1ccc(C(=O)O)cc1. The van der Waals surface area contributed by atoms with Crippen LogP contribution in [0.15, 0.2) is 24.3 Å². The fraction of sp³-hybridized carbons (Fsp3) is 0.429. The lowest BCUT2D eigenvalue weighted by molar-refractivity contribution is -0.120. The summed E-state index contributed by atoms with van der Waals surface area (Å²) in [5.41, 5.74) is 1.04. The zero-order chi connectivity index (χ0) is 14.5. The Bertz CT molecular complexity index is 454. The van der Waals surface area contributed by atoms with Gasteiger partial charge >= 0.3 is 5.97 Å². The predicted molar refractivity (Wildman–Crippen MR) is 77.7 cm³/mol. The van der Waals surface area contributed by atoms with Gasteiger partial charge in [0.15, 0.2) is 0 Å². The van der Waals surface area contributed by atoms with Gasteiger partial charge in [-0.2, -0.15) is 11.8 Å². The topological polar surface area (TPSA) is 66.4 Å². The maximum atomic E-state index is 11.8. The molecule has 0 radical (unpaired) electrons. The smallest absolute Gasteiger partial charge is 0.335 e. The van der Waals surface area contributed by atoms with Gasteiger partial charge in [-0.15, -0.1) is 0 Å². The number of benzene rings is 1. The molecule has 0 spiro atoms. The van der Waals surface area contributed by atoms with E-state index in [1.165, 1.54) is 12.1 Å². The largest absolute Gasteiger partial charge is 0.478 e. The molecule has 1 aromatic carbocycles. The van der Waals surface area contributed by atoms with Crippen molar-refractivity contribution in [2.75, 3.05) is 12.8 Å². The maximum Gasteiger partial charge on any atom is 0.335 e. The van der Waals surface area contributed by atoms with E-state index in [1.807, 2.05) is 6.26 Å². The first-order valence-electron chi connectivity index (χ1n) is 5.98. The van der Waals surface area contributed by atoms with Gasteiger partial charge in [-0.1, -0.05) is 12.1 Å². The van der Waals surface area contributed by atoms with Crippen LogP contribution in [0.25, 0.3) is 0 Å². The van der Waals surface area contributed by atoms with E-state index >= 15 is 0 Å². The predicted octanol–water partition coefficient (Wildman–Crippen LogP) is 2.19. The van der Waals surface area contributed by atoms with Crippen LogP contribution in [0, 0.1) is 0 Å². The third-order valence-electron chi connectivity index (χ3n) is 2.83. The van der Waals surface area contributed by atoms with Gasteiger partial charge in [-0.05, 0) is 37.8 Å². The van der Waals surface area contributed by atoms with Crippen LogP contribution in [0.5, 0.6) is 0 Å². The summed E-state index contributed by atoms with van der Waals surface area (Å²) >= 11 is 1.70. The highest BCUT2D eigenvalue weighted by molar-refractivity contribution is 7.99. The molecule has 5 heteroatoms. The average molecular weight is 281 g/mol. The van der Waals surface area contributed by atoms with Crippen LogP contribution in [-0.4, -0.2) is 34.5 Å². The highest BCUT2D eigenvalue weighted by atomic mass is 32.2. The van der Waals surface area contributed by atoms with Crippen molar-refractivity contribution in [3.63, 3.8) is 0 Å². The Balaban J connectivity index is 2.51. The highest BCUT2D eigenvalue weighted by Crippen LogP contribution is 2.19. The van der Waals surface area contributed by atoms with Crippen LogP contribution in [0.4, 0.5) is 0 Å². The number of amides is 1. The van der Waals surface area contributed by atoms with E-state index in [-0.39, 0.29) is 22.6 Å². The first-order chi connectivity index (χ1) is 8.84. The van der Waals surface area contributed by atoms with E-state index in [4.69, 9.17) is 5.11 Å². The Morgan fingerprint density at radius 1 is 1.26 bits per heavy atom. The van der Waals surface area contributed by atoms with E-state index in [0.717, 1.165) is 5.56 Å². The van der Waals surface area contributed by atoms with Gasteiger partial charge in [0.1, 0.15) is 0 Å². The van der Waals surface area contributed by atoms with Gasteiger partial charge in [0.25, 0.3) is 0 Å². The third-order valence-corrected chi connectivity index (χ3v) is 4.08. The molecule has 1 rings (SSSR count). The second kappa shape index (κ2) is 6.61. The molecule has 19 heavy (non-hydrogen) atoms. The van der Waals surface area contributed by atoms with Gasteiger partial charge in [0.05, 0.1) is 12.0 Å². The van der Waals surface area contributed by atoms with Crippen molar-refractivity contribution in [3.05, 3.63) is 35.4 Å². The Morgan fingerprint density at radius 3 is 2.32 bits per heavy atom. The number of rotatable bonds is 6. The van der Waals surface area contributed by atoms with Gasteiger partial charge in [0.2, 0.25) is 5.91 Å². The van der Waals surface area contributed by atoms with Crippen LogP contribution in [0.3, 0.4) is 0 Å². The molecule has 0 aliphatic heterocycles. The summed E-state index contributed by atoms with van der Waals surface area (Å²) in [5, 5.41) is 11.7. The second-order valence-electron chi connectivity index (χ2n) is 4.92. The molecular weight excluding hydrogens is 262 g/mol. The number of thioether (sulfide) groups is 1. The van der Waals surface area contributed by atoms with Crippen LogP contribution in [0.1, 0.15) is 29.8 Å². The van der Waals surface area contributed by atoms with Crippen LogP contribution < -0.4 is 5.32 Å². The van der Waals surface area contributed by atoms with E-state index in [1.54, 1.807) is 23.9 Å². The van der Waals surface area contributed by atoms with Gasteiger partial charge < -0.3 is 10.4 Å². The normalized spacial score (nSPS) is 11.1. The van der Waals surface area contributed by atoms with Gasteiger partial charge in [-0.3, -0.25) is 4.79 Å². The summed E-state index contributed by atoms with van der Waals surface area (Å²) in [5.74, 6) is -1.01. The first kappa shape index (κ1) is 15.6. The molecule has 0 saturated carbocycles. The standard InChI is InChI=1S/C14H19NO3S/c1-14(2,19-3)9-15-12(16)8-10-4-6-11(7-5-10)13(17)18/h4-7H,8-9H2,1-3H3,(H,15,16)(H,17,18). The quantitative estimate of drug-likeness (QED) is 0.839. The zero-order valence-corrected chi connectivity index (χ0v) is 12.2. The van der Waals surface area contributed by atoms with Gasteiger partial charge in [0, 0.05) is 11.3 Å². The molecule has 1 amide bonds. The van der Waals surface area contributed by atoms with E-state index in [9.17, 15) is 9.59 Å². The lowest BCUT2D eigenvalue weighted by Gasteiger charge is -2.22. The minimum Gasteiger partial charge on any atom is -0.478 e. The minimum atomic E-state index is -0.960. The number of carbonyl (C=O) groups is 2. The second-order valence-corrected chi connectivity index (χ2v) is 6.43. The van der Waals surface area contributed by atoms with Crippen LogP contribution >= 0.6 is 11.8 Å². The summed E-state index contributed by atoms with van der Waals surface area (Å²) in [6.45, 7) is 4.75. The van der Waals surface area contributed by atoms with Crippen molar-refractivity contribution in [1.29, 1.82) is 0 Å². The molecule has 2 N–H and O–H groups in total. The number of hydrogen-bond donors (Lipinski definition) is 2. The molecule has 0 saturated heterocycles. The first-order valence-corrected chi connectivity index (χ1v) is 7.20. The molecule has 0 heterocycles. The average Bonchev–Trinajstić information content (AvgIpc) is 2.37. The maximum absolute atomic E-state index is 11.8. The van der Waals surface area contributed by atoms with Crippen molar-refractivity contribution in [2.24, 2.45) is 0 Å². The number of nitrogens with one attached hydrogen (secondary N) is 1.